The van der Waals surface area contributed by atoms with Crippen LogP contribution < -0.4 is 10.9 Å². The molecule has 1 N–H and O–H groups in total. The number of fused-ring (bicyclic) bond motifs is 1. The van der Waals surface area contributed by atoms with Gasteiger partial charge in [0.1, 0.15) is 11.6 Å². The molecule has 0 radical (unpaired) electrons. The second-order valence-electron chi connectivity index (χ2n) is 5.82. The van der Waals surface area contributed by atoms with Crippen LogP contribution in [0.25, 0.3) is 11.0 Å². The van der Waals surface area contributed by atoms with E-state index in [9.17, 15) is 9.59 Å². The maximum atomic E-state index is 12.3. The number of hydrogen-bond donors (Lipinski definition) is 1. The number of carbonyl (C=O) groups is 1. The molecule has 0 bridgehead atoms. The van der Waals surface area contributed by atoms with Crippen molar-refractivity contribution in [3.8, 4) is 0 Å². The van der Waals surface area contributed by atoms with Gasteiger partial charge < -0.3 is 14.5 Å². The number of methoxy groups -OCH3 is 1. The summed E-state index contributed by atoms with van der Waals surface area (Å²) in [7, 11) is 1.33. The van der Waals surface area contributed by atoms with E-state index >= 15 is 0 Å². The first-order chi connectivity index (χ1) is 11.0. The molecule has 6 heteroatoms. The molecule has 0 aliphatic carbocycles. The Kier molecular flexibility index (Phi) is 5.36. The van der Waals surface area contributed by atoms with E-state index in [0.717, 1.165) is 5.56 Å². The van der Waals surface area contributed by atoms with Gasteiger partial charge >= 0.3 is 5.97 Å². The normalized spacial score (nSPS) is 12.4. The molecule has 1 aromatic carbocycles. The van der Waals surface area contributed by atoms with E-state index in [0.29, 0.717) is 23.8 Å². The van der Waals surface area contributed by atoms with Crippen molar-refractivity contribution in [2.75, 3.05) is 12.4 Å². The van der Waals surface area contributed by atoms with Crippen LogP contribution in [-0.4, -0.2) is 24.1 Å². The number of anilines is 1. The average Bonchev–Trinajstić information content (AvgIpc) is 2.52. The van der Waals surface area contributed by atoms with Gasteiger partial charge in [-0.3, -0.25) is 4.79 Å². The predicted molar refractivity (Wildman–Crippen MR) is 88.5 cm³/mol. The van der Waals surface area contributed by atoms with Gasteiger partial charge in [0.25, 0.3) is 11.6 Å². The number of aryl methyl sites for hydroxylation is 1. The van der Waals surface area contributed by atoms with Gasteiger partial charge in [0.15, 0.2) is 0 Å². The summed E-state index contributed by atoms with van der Waals surface area (Å²) in [5.74, 6) is -0.143. The minimum Gasteiger partial charge on any atom is -0.467 e. The summed E-state index contributed by atoms with van der Waals surface area (Å²) in [6.45, 7) is 5.96. The standard InChI is InChI=1S/C17H22N2O4/c1-5-11-7-6-8-13-14(11)15(20)19-17(23-13)18-12(9-10(2)3)16(21)22-4/h6-8,10,12H,5,9H2,1-4H3,(H,18,19,20)/t12-/m0/s1. The highest BCUT2D eigenvalue weighted by Gasteiger charge is 2.22. The van der Waals surface area contributed by atoms with E-state index in [1.165, 1.54) is 7.11 Å². The van der Waals surface area contributed by atoms with Crippen LogP contribution in [0.4, 0.5) is 6.01 Å². The summed E-state index contributed by atoms with van der Waals surface area (Å²) < 4.78 is 10.5. The Labute approximate surface area is 134 Å². The van der Waals surface area contributed by atoms with Crippen molar-refractivity contribution < 1.29 is 13.9 Å². The fourth-order valence-electron chi connectivity index (χ4n) is 2.51. The summed E-state index contributed by atoms with van der Waals surface area (Å²) in [6.07, 6.45) is 1.26. The first-order valence-electron chi connectivity index (χ1n) is 7.73. The molecule has 0 saturated heterocycles. The van der Waals surface area contributed by atoms with E-state index in [1.807, 2.05) is 32.9 Å². The molecule has 0 unspecified atom stereocenters. The maximum Gasteiger partial charge on any atom is 0.328 e. The van der Waals surface area contributed by atoms with E-state index in [-0.39, 0.29) is 17.5 Å². The van der Waals surface area contributed by atoms with Crippen molar-refractivity contribution in [1.82, 2.24) is 4.98 Å². The van der Waals surface area contributed by atoms with E-state index in [4.69, 9.17) is 9.15 Å². The minimum atomic E-state index is -0.609. The number of ether oxygens (including phenoxy) is 1. The highest BCUT2D eigenvalue weighted by atomic mass is 16.5. The van der Waals surface area contributed by atoms with Crippen LogP contribution in [0.5, 0.6) is 0 Å². The molecular formula is C17H22N2O4. The number of aromatic nitrogens is 1. The maximum absolute atomic E-state index is 12.3. The van der Waals surface area contributed by atoms with Crippen molar-refractivity contribution in [3.63, 3.8) is 0 Å². The van der Waals surface area contributed by atoms with Gasteiger partial charge in [-0.05, 0) is 30.4 Å². The topological polar surface area (TPSA) is 81.4 Å². The van der Waals surface area contributed by atoms with E-state index in [2.05, 4.69) is 10.3 Å². The summed E-state index contributed by atoms with van der Waals surface area (Å²) in [5, 5.41) is 3.36. The molecule has 0 aliphatic rings. The molecule has 0 aliphatic heterocycles. The Bertz CT molecular complexity index is 752. The van der Waals surface area contributed by atoms with Gasteiger partial charge in [-0.15, -0.1) is 0 Å². The first kappa shape index (κ1) is 17.0. The lowest BCUT2D eigenvalue weighted by molar-refractivity contribution is -0.141. The van der Waals surface area contributed by atoms with E-state index in [1.54, 1.807) is 6.07 Å². The fraction of sp³-hybridized carbons (Fsp3) is 0.471. The summed E-state index contributed by atoms with van der Waals surface area (Å²) in [5.41, 5.74) is 0.987. The Morgan fingerprint density at radius 3 is 2.74 bits per heavy atom. The second-order valence-corrected chi connectivity index (χ2v) is 5.82. The molecule has 0 saturated carbocycles. The largest absolute Gasteiger partial charge is 0.467 e. The molecule has 0 spiro atoms. The fourth-order valence-corrected chi connectivity index (χ4v) is 2.51. The van der Waals surface area contributed by atoms with Crippen molar-refractivity contribution >= 4 is 23.0 Å². The van der Waals surface area contributed by atoms with Crippen molar-refractivity contribution in [2.45, 2.75) is 39.7 Å². The van der Waals surface area contributed by atoms with Crippen LogP contribution in [-0.2, 0) is 16.0 Å². The minimum absolute atomic E-state index is 0.0341. The van der Waals surface area contributed by atoms with Gasteiger partial charge in [0.2, 0.25) is 0 Å². The number of hydrogen-bond acceptors (Lipinski definition) is 6. The van der Waals surface area contributed by atoms with Gasteiger partial charge in [-0.1, -0.05) is 32.9 Å². The summed E-state index contributed by atoms with van der Waals surface area (Å²) >= 11 is 0. The van der Waals surface area contributed by atoms with Crippen LogP contribution in [0.2, 0.25) is 0 Å². The Hall–Kier alpha value is -2.37. The van der Waals surface area contributed by atoms with E-state index < -0.39 is 12.0 Å². The summed E-state index contributed by atoms with van der Waals surface area (Å²) in [4.78, 5) is 28.1. The lowest BCUT2D eigenvalue weighted by Gasteiger charge is -2.17. The molecule has 23 heavy (non-hydrogen) atoms. The Balaban J connectivity index is 2.40. The molecule has 124 valence electrons. The second kappa shape index (κ2) is 7.26. The van der Waals surface area contributed by atoms with Crippen LogP contribution in [0, 0.1) is 5.92 Å². The summed E-state index contributed by atoms with van der Waals surface area (Å²) in [6, 6.07) is 4.86. The van der Waals surface area contributed by atoms with Gasteiger partial charge in [-0.2, -0.15) is 4.98 Å². The zero-order valence-corrected chi connectivity index (χ0v) is 13.9. The van der Waals surface area contributed by atoms with Crippen LogP contribution in [0.1, 0.15) is 32.8 Å². The van der Waals surface area contributed by atoms with Crippen molar-refractivity contribution in [1.29, 1.82) is 0 Å². The molecule has 0 amide bonds. The molecule has 0 fully saturated rings. The van der Waals surface area contributed by atoms with Crippen LogP contribution in [0.15, 0.2) is 27.4 Å². The monoisotopic (exact) mass is 318 g/mol. The zero-order chi connectivity index (χ0) is 17.0. The molecule has 1 heterocycles. The zero-order valence-electron chi connectivity index (χ0n) is 13.9. The highest BCUT2D eigenvalue weighted by Crippen LogP contribution is 2.19. The van der Waals surface area contributed by atoms with Crippen molar-refractivity contribution in [3.05, 3.63) is 34.1 Å². The number of esters is 1. The molecular weight excluding hydrogens is 296 g/mol. The number of rotatable bonds is 6. The quantitative estimate of drug-likeness (QED) is 0.825. The molecule has 2 aromatic rings. The number of nitrogens with zero attached hydrogens (tertiary/aromatic N) is 1. The Morgan fingerprint density at radius 2 is 2.13 bits per heavy atom. The number of benzene rings is 1. The third-order valence-electron chi connectivity index (χ3n) is 3.61. The predicted octanol–water partition coefficient (Wildman–Crippen LogP) is 2.75. The molecule has 2 rings (SSSR count). The van der Waals surface area contributed by atoms with Gasteiger partial charge in [0.05, 0.1) is 12.5 Å². The number of nitrogens with one attached hydrogen (secondary N) is 1. The molecule has 6 nitrogen and oxygen atoms in total. The van der Waals surface area contributed by atoms with Crippen molar-refractivity contribution in [2.24, 2.45) is 5.92 Å². The Morgan fingerprint density at radius 1 is 1.39 bits per heavy atom. The first-order valence-corrected chi connectivity index (χ1v) is 7.73. The third-order valence-corrected chi connectivity index (χ3v) is 3.61. The highest BCUT2D eigenvalue weighted by molar-refractivity contribution is 5.81. The number of carbonyl (C=O) groups excluding carboxylic acids is 1. The van der Waals surface area contributed by atoms with Gasteiger partial charge in [0, 0.05) is 0 Å². The molecule has 1 atom stereocenters. The van der Waals surface area contributed by atoms with Crippen LogP contribution in [0.3, 0.4) is 0 Å². The molecule has 1 aromatic heterocycles. The SMILES string of the molecule is CCc1cccc2oc(N[C@@H](CC(C)C)C(=O)OC)nc(=O)c12. The third kappa shape index (κ3) is 3.88. The average molecular weight is 318 g/mol. The van der Waals surface area contributed by atoms with Gasteiger partial charge in [-0.25, -0.2) is 4.79 Å². The smallest absolute Gasteiger partial charge is 0.328 e. The lowest BCUT2D eigenvalue weighted by atomic mass is 10.0. The lowest BCUT2D eigenvalue weighted by Crippen LogP contribution is -2.33. The van der Waals surface area contributed by atoms with Crippen LogP contribution >= 0.6 is 0 Å².